The fourth-order valence-electron chi connectivity index (χ4n) is 2.01. The van der Waals surface area contributed by atoms with Crippen LogP contribution in [0.15, 0.2) is 24.3 Å². The lowest BCUT2D eigenvalue weighted by Crippen LogP contribution is -2.37. The van der Waals surface area contributed by atoms with Crippen LogP contribution in [0.4, 0.5) is 0 Å². The molecular formula is C15H22N2O. The Morgan fingerprint density at radius 2 is 2.00 bits per heavy atom. The summed E-state index contributed by atoms with van der Waals surface area (Å²) in [5, 5.41) is 12.2. The van der Waals surface area contributed by atoms with E-state index >= 15 is 0 Å². The van der Waals surface area contributed by atoms with E-state index in [1.54, 1.807) is 7.11 Å². The largest absolute Gasteiger partial charge is 0.497 e. The Hall–Kier alpha value is -1.53. The average molecular weight is 246 g/mol. The Morgan fingerprint density at radius 1 is 1.33 bits per heavy atom. The minimum absolute atomic E-state index is 0.295. The van der Waals surface area contributed by atoms with Crippen LogP contribution in [-0.4, -0.2) is 19.2 Å². The number of benzene rings is 1. The fourth-order valence-corrected chi connectivity index (χ4v) is 2.01. The highest BCUT2D eigenvalue weighted by atomic mass is 16.5. The van der Waals surface area contributed by atoms with E-state index in [0.717, 1.165) is 18.6 Å². The zero-order valence-corrected chi connectivity index (χ0v) is 11.4. The first-order chi connectivity index (χ1) is 8.69. The van der Waals surface area contributed by atoms with Gasteiger partial charge in [-0.3, -0.25) is 0 Å². The van der Waals surface area contributed by atoms with Gasteiger partial charge in [-0.15, -0.1) is 0 Å². The van der Waals surface area contributed by atoms with Crippen molar-refractivity contribution in [3.8, 4) is 11.8 Å². The maximum absolute atomic E-state index is 8.72. The second kappa shape index (κ2) is 7.73. The number of hydrogen-bond donors (Lipinski definition) is 1. The lowest BCUT2D eigenvalue weighted by atomic mass is 10.0. The predicted molar refractivity (Wildman–Crippen MR) is 73.6 cm³/mol. The van der Waals surface area contributed by atoms with Crippen molar-refractivity contribution >= 4 is 0 Å². The molecule has 1 N–H and O–H groups in total. The molecule has 0 saturated heterocycles. The molecule has 0 fully saturated rings. The van der Waals surface area contributed by atoms with Gasteiger partial charge in [-0.25, -0.2) is 0 Å². The molecule has 2 atom stereocenters. The number of nitrogens with zero attached hydrogens (tertiary/aromatic N) is 1. The molecule has 0 aliphatic heterocycles. The molecule has 1 aromatic rings. The Morgan fingerprint density at radius 3 is 2.50 bits per heavy atom. The van der Waals surface area contributed by atoms with Crippen LogP contribution in [0.3, 0.4) is 0 Å². The quantitative estimate of drug-likeness (QED) is 0.804. The summed E-state index contributed by atoms with van der Waals surface area (Å²) >= 11 is 0. The first-order valence-electron chi connectivity index (χ1n) is 6.45. The van der Waals surface area contributed by atoms with Gasteiger partial charge >= 0.3 is 0 Å². The Bertz CT molecular complexity index is 380. The van der Waals surface area contributed by atoms with Gasteiger partial charge in [0.25, 0.3) is 0 Å². The van der Waals surface area contributed by atoms with Crippen LogP contribution >= 0.6 is 0 Å². The SMILES string of the molecule is CCC(CC#N)NC(C)Cc1ccc(OC)cc1. The monoisotopic (exact) mass is 246 g/mol. The first-order valence-corrected chi connectivity index (χ1v) is 6.45. The summed E-state index contributed by atoms with van der Waals surface area (Å²) in [4.78, 5) is 0. The van der Waals surface area contributed by atoms with Crippen molar-refractivity contribution in [2.24, 2.45) is 0 Å². The number of nitriles is 1. The summed E-state index contributed by atoms with van der Waals surface area (Å²) in [6.45, 7) is 4.26. The van der Waals surface area contributed by atoms with Gasteiger partial charge in [-0.1, -0.05) is 19.1 Å². The molecule has 0 aromatic heterocycles. The van der Waals surface area contributed by atoms with Gasteiger partial charge < -0.3 is 10.1 Å². The minimum atomic E-state index is 0.295. The molecule has 0 aliphatic carbocycles. The Balaban J connectivity index is 2.47. The molecule has 0 spiro atoms. The maximum Gasteiger partial charge on any atom is 0.118 e. The van der Waals surface area contributed by atoms with Gasteiger partial charge in [0.15, 0.2) is 0 Å². The van der Waals surface area contributed by atoms with Crippen LogP contribution in [0, 0.1) is 11.3 Å². The van der Waals surface area contributed by atoms with Crippen LogP contribution in [0.1, 0.15) is 32.3 Å². The normalized spacial score (nSPS) is 13.7. The highest BCUT2D eigenvalue weighted by Gasteiger charge is 2.10. The summed E-state index contributed by atoms with van der Waals surface area (Å²) in [5.41, 5.74) is 1.28. The van der Waals surface area contributed by atoms with Crippen molar-refractivity contribution in [2.75, 3.05) is 7.11 Å². The molecule has 0 radical (unpaired) electrons. The van der Waals surface area contributed by atoms with Gasteiger partial charge in [-0.2, -0.15) is 5.26 Å². The minimum Gasteiger partial charge on any atom is -0.497 e. The molecule has 0 saturated carbocycles. The average Bonchev–Trinajstić information content (AvgIpc) is 2.39. The van der Waals surface area contributed by atoms with Crippen LogP contribution in [0.2, 0.25) is 0 Å². The molecule has 98 valence electrons. The molecule has 0 bridgehead atoms. The maximum atomic E-state index is 8.72. The second-order valence-electron chi connectivity index (χ2n) is 4.59. The summed E-state index contributed by atoms with van der Waals surface area (Å²) in [6.07, 6.45) is 2.52. The smallest absolute Gasteiger partial charge is 0.118 e. The van der Waals surface area contributed by atoms with Crippen LogP contribution in [0.25, 0.3) is 0 Å². The van der Waals surface area contributed by atoms with E-state index in [4.69, 9.17) is 10.00 Å². The van der Waals surface area contributed by atoms with E-state index in [1.165, 1.54) is 5.56 Å². The van der Waals surface area contributed by atoms with E-state index in [2.05, 4.69) is 37.4 Å². The van der Waals surface area contributed by atoms with E-state index in [1.807, 2.05) is 12.1 Å². The van der Waals surface area contributed by atoms with Gasteiger partial charge in [0.05, 0.1) is 19.6 Å². The van der Waals surface area contributed by atoms with Crippen LogP contribution < -0.4 is 10.1 Å². The Labute approximate surface area is 110 Å². The third-order valence-electron chi connectivity index (χ3n) is 3.05. The third-order valence-corrected chi connectivity index (χ3v) is 3.05. The number of ether oxygens (including phenoxy) is 1. The number of hydrogen-bond acceptors (Lipinski definition) is 3. The molecule has 1 aromatic carbocycles. The molecule has 3 heteroatoms. The lowest BCUT2D eigenvalue weighted by Gasteiger charge is -2.20. The van der Waals surface area contributed by atoms with E-state index in [9.17, 15) is 0 Å². The zero-order valence-electron chi connectivity index (χ0n) is 11.4. The van der Waals surface area contributed by atoms with Crippen molar-refractivity contribution in [3.05, 3.63) is 29.8 Å². The standard InChI is InChI=1S/C15H22N2O/c1-4-14(9-10-16)17-12(2)11-13-5-7-15(18-3)8-6-13/h5-8,12,14,17H,4,9,11H2,1-3H3. The van der Waals surface area contributed by atoms with Crippen molar-refractivity contribution in [3.63, 3.8) is 0 Å². The third kappa shape index (κ3) is 4.77. The van der Waals surface area contributed by atoms with E-state index in [-0.39, 0.29) is 0 Å². The second-order valence-corrected chi connectivity index (χ2v) is 4.59. The van der Waals surface area contributed by atoms with Crippen molar-refractivity contribution < 1.29 is 4.74 Å². The lowest BCUT2D eigenvalue weighted by molar-refractivity contribution is 0.414. The van der Waals surface area contributed by atoms with Gasteiger partial charge in [0, 0.05) is 12.1 Å². The van der Waals surface area contributed by atoms with Gasteiger partial charge in [0.1, 0.15) is 5.75 Å². The number of rotatable bonds is 7. The highest BCUT2D eigenvalue weighted by Crippen LogP contribution is 2.13. The van der Waals surface area contributed by atoms with E-state index in [0.29, 0.717) is 18.5 Å². The van der Waals surface area contributed by atoms with Gasteiger partial charge in [-0.05, 0) is 37.5 Å². The number of nitrogens with one attached hydrogen (secondary N) is 1. The molecular weight excluding hydrogens is 224 g/mol. The molecule has 18 heavy (non-hydrogen) atoms. The Kier molecular flexibility index (Phi) is 6.24. The first kappa shape index (κ1) is 14.5. The molecule has 0 amide bonds. The van der Waals surface area contributed by atoms with Crippen LogP contribution in [-0.2, 0) is 6.42 Å². The van der Waals surface area contributed by atoms with Crippen LogP contribution in [0.5, 0.6) is 5.75 Å². The molecule has 3 nitrogen and oxygen atoms in total. The summed E-state index contributed by atoms with van der Waals surface area (Å²) in [7, 11) is 1.67. The zero-order chi connectivity index (χ0) is 13.4. The summed E-state index contributed by atoms with van der Waals surface area (Å²) in [6, 6.07) is 11.0. The predicted octanol–water partition coefficient (Wildman–Crippen LogP) is 2.91. The molecule has 0 aliphatic rings. The van der Waals surface area contributed by atoms with Crippen molar-refractivity contribution in [1.82, 2.24) is 5.32 Å². The molecule has 0 heterocycles. The molecule has 1 rings (SSSR count). The topological polar surface area (TPSA) is 45.0 Å². The summed E-state index contributed by atoms with van der Waals surface area (Å²) < 4.78 is 5.14. The highest BCUT2D eigenvalue weighted by molar-refractivity contribution is 5.27. The fraction of sp³-hybridized carbons (Fsp3) is 0.533. The summed E-state index contributed by atoms with van der Waals surface area (Å²) in [5.74, 6) is 0.885. The van der Waals surface area contributed by atoms with Gasteiger partial charge in [0.2, 0.25) is 0 Å². The molecule has 2 unspecified atom stereocenters. The number of methoxy groups -OCH3 is 1. The van der Waals surface area contributed by atoms with Crippen molar-refractivity contribution in [1.29, 1.82) is 5.26 Å². The van der Waals surface area contributed by atoms with Crippen molar-refractivity contribution in [2.45, 2.75) is 45.2 Å². The van der Waals surface area contributed by atoms with E-state index < -0.39 is 0 Å².